The lowest BCUT2D eigenvalue weighted by Crippen LogP contribution is -1.98. The highest BCUT2D eigenvalue weighted by Crippen LogP contribution is 2.31. The fourth-order valence-electron chi connectivity index (χ4n) is 1.61. The smallest absolute Gasteiger partial charge is 0.373 e. The van der Waals surface area contributed by atoms with Gasteiger partial charge in [-0.3, -0.25) is 0 Å². The minimum Gasteiger partial charge on any atom is -0.490 e. The molecule has 1 aromatic carbocycles. The first kappa shape index (κ1) is 14.2. The zero-order chi connectivity index (χ0) is 12.4. The molecule has 0 amide bonds. The monoisotopic (exact) mass is 271 g/mol. The van der Waals surface area contributed by atoms with Crippen molar-refractivity contribution in [2.24, 2.45) is 0 Å². The first-order valence-corrected chi connectivity index (χ1v) is 5.20. The van der Waals surface area contributed by atoms with Gasteiger partial charge in [-0.2, -0.15) is 0 Å². The molecule has 18 heavy (non-hydrogen) atoms. The number of esters is 1. The van der Waals surface area contributed by atoms with Crippen LogP contribution in [0.5, 0.6) is 5.75 Å². The standard InChI is InChI=1S/C12H13NO4.ClH/c1-3-16-9-6-8(13)4-7-5-10(12(14)15-2)17-11(7)9;/h4-6H,3,13H2,1-2H3;1H. The molecule has 5 nitrogen and oxygen atoms in total. The van der Waals surface area contributed by atoms with Crippen LogP contribution in [-0.4, -0.2) is 19.7 Å². The molecule has 0 fully saturated rings. The Hall–Kier alpha value is -1.88. The predicted octanol–water partition coefficient (Wildman–Crippen LogP) is 2.62. The fraction of sp³-hybridized carbons (Fsp3) is 0.250. The second-order valence-corrected chi connectivity index (χ2v) is 3.47. The number of anilines is 1. The summed E-state index contributed by atoms with van der Waals surface area (Å²) in [6.07, 6.45) is 0. The number of fused-ring (bicyclic) bond motifs is 1. The van der Waals surface area contributed by atoms with Gasteiger partial charge in [0.25, 0.3) is 0 Å². The molecule has 0 atom stereocenters. The molecule has 0 unspecified atom stereocenters. The van der Waals surface area contributed by atoms with E-state index in [9.17, 15) is 4.79 Å². The second-order valence-electron chi connectivity index (χ2n) is 3.47. The number of nitrogen functional groups attached to an aromatic ring is 1. The lowest BCUT2D eigenvalue weighted by Gasteiger charge is -2.04. The van der Waals surface area contributed by atoms with Gasteiger partial charge in [0.1, 0.15) is 0 Å². The van der Waals surface area contributed by atoms with Crippen molar-refractivity contribution >= 4 is 35.0 Å². The molecular weight excluding hydrogens is 258 g/mol. The van der Waals surface area contributed by atoms with Gasteiger partial charge in [0.15, 0.2) is 11.3 Å². The number of benzene rings is 1. The molecule has 1 heterocycles. The quantitative estimate of drug-likeness (QED) is 0.686. The van der Waals surface area contributed by atoms with Crippen LogP contribution in [0.3, 0.4) is 0 Å². The van der Waals surface area contributed by atoms with Crippen molar-refractivity contribution in [1.29, 1.82) is 0 Å². The molecular formula is C12H14ClNO4. The van der Waals surface area contributed by atoms with Crippen molar-refractivity contribution in [3.8, 4) is 5.75 Å². The molecule has 98 valence electrons. The molecule has 2 N–H and O–H groups in total. The molecule has 0 saturated heterocycles. The summed E-state index contributed by atoms with van der Waals surface area (Å²) in [4.78, 5) is 11.3. The van der Waals surface area contributed by atoms with E-state index < -0.39 is 5.97 Å². The van der Waals surface area contributed by atoms with Crippen molar-refractivity contribution in [3.05, 3.63) is 24.0 Å². The number of nitrogens with two attached hydrogens (primary N) is 1. The third-order valence-electron chi connectivity index (χ3n) is 2.29. The Balaban J connectivity index is 0.00000162. The van der Waals surface area contributed by atoms with Gasteiger partial charge in [0.2, 0.25) is 5.76 Å². The molecule has 0 aliphatic heterocycles. The highest BCUT2D eigenvalue weighted by Gasteiger charge is 2.15. The van der Waals surface area contributed by atoms with Gasteiger partial charge in [-0.05, 0) is 19.1 Å². The summed E-state index contributed by atoms with van der Waals surface area (Å²) < 4.78 is 15.4. The first-order chi connectivity index (χ1) is 8.15. The lowest BCUT2D eigenvalue weighted by molar-refractivity contribution is 0.0567. The van der Waals surface area contributed by atoms with E-state index in [-0.39, 0.29) is 18.2 Å². The highest BCUT2D eigenvalue weighted by atomic mass is 35.5. The predicted molar refractivity (Wildman–Crippen MR) is 70.4 cm³/mol. The Labute approximate surface area is 110 Å². The molecule has 2 aromatic rings. The van der Waals surface area contributed by atoms with Crippen LogP contribution in [-0.2, 0) is 4.74 Å². The van der Waals surface area contributed by atoms with Gasteiger partial charge >= 0.3 is 5.97 Å². The van der Waals surface area contributed by atoms with Crippen LogP contribution in [0.25, 0.3) is 11.0 Å². The second kappa shape index (κ2) is 5.64. The third kappa shape index (κ3) is 2.51. The maximum atomic E-state index is 11.3. The van der Waals surface area contributed by atoms with E-state index in [1.165, 1.54) is 7.11 Å². The summed E-state index contributed by atoms with van der Waals surface area (Å²) >= 11 is 0. The van der Waals surface area contributed by atoms with Crippen molar-refractivity contribution < 1.29 is 18.7 Å². The van der Waals surface area contributed by atoms with E-state index in [4.69, 9.17) is 14.9 Å². The van der Waals surface area contributed by atoms with E-state index in [0.717, 1.165) is 0 Å². The summed E-state index contributed by atoms with van der Waals surface area (Å²) in [7, 11) is 1.30. The Kier molecular flexibility index (Phi) is 4.44. The number of carbonyl (C=O) groups excluding carboxylic acids is 1. The molecule has 2 rings (SSSR count). The van der Waals surface area contributed by atoms with E-state index in [1.54, 1.807) is 18.2 Å². The molecule has 1 aromatic heterocycles. The third-order valence-corrected chi connectivity index (χ3v) is 2.29. The molecule has 0 radical (unpaired) electrons. The van der Waals surface area contributed by atoms with E-state index in [2.05, 4.69) is 4.74 Å². The number of methoxy groups -OCH3 is 1. The van der Waals surface area contributed by atoms with Gasteiger partial charge < -0.3 is 19.6 Å². The average Bonchev–Trinajstić information content (AvgIpc) is 2.72. The minimum absolute atomic E-state index is 0. The SMILES string of the molecule is CCOc1cc(N)cc2cc(C(=O)OC)oc12.Cl. The maximum Gasteiger partial charge on any atom is 0.373 e. The van der Waals surface area contributed by atoms with Crippen LogP contribution in [0.4, 0.5) is 5.69 Å². The zero-order valence-electron chi connectivity index (χ0n) is 10.1. The summed E-state index contributed by atoms with van der Waals surface area (Å²) in [6.45, 7) is 2.35. The van der Waals surface area contributed by atoms with E-state index in [1.807, 2.05) is 6.92 Å². The Bertz CT molecular complexity index is 564. The van der Waals surface area contributed by atoms with Crippen LogP contribution in [0.2, 0.25) is 0 Å². The number of halogens is 1. The summed E-state index contributed by atoms with van der Waals surface area (Å²) in [5.74, 6) is 0.133. The normalized spacial score (nSPS) is 9.89. The van der Waals surface area contributed by atoms with E-state index >= 15 is 0 Å². The van der Waals surface area contributed by atoms with Gasteiger partial charge in [-0.15, -0.1) is 12.4 Å². The summed E-state index contributed by atoms with van der Waals surface area (Å²) in [5, 5.41) is 0.717. The summed E-state index contributed by atoms with van der Waals surface area (Å²) in [6, 6.07) is 4.96. The van der Waals surface area contributed by atoms with Crippen molar-refractivity contribution in [1.82, 2.24) is 0 Å². The van der Waals surface area contributed by atoms with Gasteiger partial charge in [0, 0.05) is 17.1 Å². The maximum absolute atomic E-state index is 11.3. The van der Waals surface area contributed by atoms with Gasteiger partial charge in [0.05, 0.1) is 13.7 Å². The fourth-order valence-corrected chi connectivity index (χ4v) is 1.61. The minimum atomic E-state index is -0.526. The summed E-state index contributed by atoms with van der Waals surface area (Å²) in [5.41, 5.74) is 6.79. The Morgan fingerprint density at radius 2 is 2.11 bits per heavy atom. The van der Waals surface area contributed by atoms with Crippen LogP contribution >= 0.6 is 12.4 Å². The number of carbonyl (C=O) groups is 1. The van der Waals surface area contributed by atoms with Gasteiger partial charge in [-0.1, -0.05) is 0 Å². The first-order valence-electron chi connectivity index (χ1n) is 5.20. The van der Waals surface area contributed by atoms with Crippen molar-refractivity contribution in [2.45, 2.75) is 6.92 Å². The largest absolute Gasteiger partial charge is 0.490 e. The average molecular weight is 272 g/mol. The van der Waals surface area contributed by atoms with Gasteiger partial charge in [-0.25, -0.2) is 4.79 Å². The number of ether oxygens (including phenoxy) is 2. The molecule has 0 spiro atoms. The van der Waals surface area contributed by atoms with Crippen molar-refractivity contribution in [3.63, 3.8) is 0 Å². The number of hydrogen-bond acceptors (Lipinski definition) is 5. The number of rotatable bonds is 3. The lowest BCUT2D eigenvalue weighted by atomic mass is 10.2. The number of furan rings is 1. The highest BCUT2D eigenvalue weighted by molar-refractivity contribution is 5.95. The van der Waals surface area contributed by atoms with Crippen LogP contribution in [0, 0.1) is 0 Å². The molecule has 0 aliphatic rings. The van der Waals surface area contributed by atoms with E-state index in [0.29, 0.717) is 29.0 Å². The van der Waals surface area contributed by atoms with Crippen molar-refractivity contribution in [2.75, 3.05) is 19.5 Å². The Morgan fingerprint density at radius 1 is 1.39 bits per heavy atom. The topological polar surface area (TPSA) is 74.7 Å². The molecule has 0 aliphatic carbocycles. The zero-order valence-corrected chi connectivity index (χ0v) is 10.9. The Morgan fingerprint density at radius 3 is 2.72 bits per heavy atom. The molecule has 6 heteroatoms. The van der Waals surface area contributed by atoms with Crippen LogP contribution < -0.4 is 10.5 Å². The van der Waals surface area contributed by atoms with Crippen LogP contribution in [0.15, 0.2) is 22.6 Å². The molecule has 0 bridgehead atoms. The van der Waals surface area contributed by atoms with Crippen LogP contribution in [0.1, 0.15) is 17.5 Å². The number of hydrogen-bond donors (Lipinski definition) is 1. The molecule has 0 saturated carbocycles.